The fraction of sp³-hybridized carbons (Fsp3) is 0.462. The summed E-state index contributed by atoms with van der Waals surface area (Å²) in [7, 11) is 2.06. The van der Waals surface area contributed by atoms with Gasteiger partial charge in [-0.05, 0) is 57.2 Å². The van der Waals surface area contributed by atoms with E-state index in [0.29, 0.717) is 5.75 Å². The van der Waals surface area contributed by atoms with Crippen molar-refractivity contribution < 1.29 is 13.9 Å². The number of ether oxygens (including phenoxy) is 1. The van der Waals surface area contributed by atoms with E-state index in [-0.39, 0.29) is 11.9 Å². The maximum Gasteiger partial charge on any atom is 0.412 e. The highest BCUT2D eigenvalue weighted by atomic mass is 19.1. The first-order chi connectivity index (χ1) is 8.63. The van der Waals surface area contributed by atoms with Crippen molar-refractivity contribution in [2.45, 2.75) is 18.9 Å². The maximum absolute atomic E-state index is 12.7. The van der Waals surface area contributed by atoms with Gasteiger partial charge in [-0.2, -0.15) is 0 Å². The second-order valence-electron chi connectivity index (χ2n) is 4.57. The largest absolute Gasteiger partial charge is 0.412 e. The molecule has 4 nitrogen and oxygen atoms in total. The highest BCUT2D eigenvalue weighted by molar-refractivity contribution is 5.70. The van der Waals surface area contributed by atoms with E-state index >= 15 is 0 Å². The lowest BCUT2D eigenvalue weighted by molar-refractivity contribution is 0.182. The average Bonchev–Trinajstić information content (AvgIpc) is 2.35. The summed E-state index contributed by atoms with van der Waals surface area (Å²) < 4.78 is 17.7. The van der Waals surface area contributed by atoms with E-state index in [9.17, 15) is 9.18 Å². The van der Waals surface area contributed by atoms with Gasteiger partial charge in [0.2, 0.25) is 0 Å². The van der Waals surface area contributed by atoms with Crippen molar-refractivity contribution in [2.24, 2.45) is 0 Å². The summed E-state index contributed by atoms with van der Waals surface area (Å²) in [6.45, 7) is 1.95. The Morgan fingerprint density at radius 1 is 1.33 bits per heavy atom. The van der Waals surface area contributed by atoms with E-state index in [2.05, 4.69) is 17.3 Å². The minimum atomic E-state index is -0.476. The van der Waals surface area contributed by atoms with Crippen LogP contribution < -0.4 is 10.1 Å². The van der Waals surface area contributed by atoms with Crippen molar-refractivity contribution in [1.29, 1.82) is 0 Å². The summed E-state index contributed by atoms with van der Waals surface area (Å²) >= 11 is 0. The highest BCUT2D eigenvalue weighted by Crippen LogP contribution is 2.12. The molecule has 1 aliphatic heterocycles. The van der Waals surface area contributed by atoms with E-state index in [1.54, 1.807) is 0 Å². The number of rotatable bonds is 2. The number of benzene rings is 1. The zero-order chi connectivity index (χ0) is 13.0. The molecule has 1 fully saturated rings. The molecule has 1 amide bonds. The molecule has 1 N–H and O–H groups in total. The van der Waals surface area contributed by atoms with Crippen LogP contribution in [-0.4, -0.2) is 37.2 Å². The normalized spacial score (nSPS) is 17.4. The fourth-order valence-corrected chi connectivity index (χ4v) is 1.96. The monoisotopic (exact) mass is 252 g/mol. The SMILES string of the molecule is CN1CCC(NC(=O)Oc2ccc(F)cc2)CC1. The standard InChI is InChI=1S/C13H17FN2O2/c1-16-8-6-11(7-9-16)15-13(17)18-12-4-2-10(14)3-5-12/h2-5,11H,6-9H2,1H3,(H,15,17). The van der Waals surface area contributed by atoms with Crippen molar-refractivity contribution in [3.8, 4) is 5.75 Å². The van der Waals surface area contributed by atoms with Crippen LogP contribution in [0.15, 0.2) is 24.3 Å². The van der Waals surface area contributed by atoms with Crippen LogP contribution in [0.4, 0.5) is 9.18 Å². The van der Waals surface area contributed by atoms with Gasteiger partial charge in [-0.3, -0.25) is 0 Å². The fourth-order valence-electron chi connectivity index (χ4n) is 1.96. The Balaban J connectivity index is 1.80. The Morgan fingerprint density at radius 2 is 1.94 bits per heavy atom. The smallest absolute Gasteiger partial charge is 0.410 e. The number of piperidine rings is 1. The zero-order valence-corrected chi connectivity index (χ0v) is 10.4. The van der Waals surface area contributed by atoms with Crippen molar-refractivity contribution in [1.82, 2.24) is 10.2 Å². The minimum absolute atomic E-state index is 0.161. The molecule has 1 aliphatic rings. The molecule has 1 heterocycles. The molecule has 0 aromatic heterocycles. The first kappa shape index (κ1) is 12.8. The van der Waals surface area contributed by atoms with E-state index in [1.807, 2.05) is 0 Å². The number of amides is 1. The van der Waals surface area contributed by atoms with Gasteiger partial charge in [0.1, 0.15) is 11.6 Å². The molecule has 98 valence electrons. The van der Waals surface area contributed by atoms with Crippen LogP contribution in [-0.2, 0) is 0 Å². The van der Waals surface area contributed by atoms with E-state index in [1.165, 1.54) is 24.3 Å². The minimum Gasteiger partial charge on any atom is -0.410 e. The highest BCUT2D eigenvalue weighted by Gasteiger charge is 2.19. The maximum atomic E-state index is 12.7. The zero-order valence-electron chi connectivity index (χ0n) is 10.4. The molecule has 1 saturated heterocycles. The van der Waals surface area contributed by atoms with Crippen LogP contribution in [0.1, 0.15) is 12.8 Å². The van der Waals surface area contributed by atoms with Crippen LogP contribution in [0.2, 0.25) is 0 Å². The van der Waals surface area contributed by atoms with Crippen molar-refractivity contribution >= 4 is 6.09 Å². The van der Waals surface area contributed by atoms with E-state index in [0.717, 1.165) is 25.9 Å². The Labute approximate surface area is 106 Å². The molecule has 0 saturated carbocycles. The van der Waals surface area contributed by atoms with Gasteiger partial charge in [0.25, 0.3) is 0 Å². The number of hydrogen-bond acceptors (Lipinski definition) is 3. The second-order valence-corrected chi connectivity index (χ2v) is 4.57. The molecule has 0 aliphatic carbocycles. The third kappa shape index (κ3) is 3.70. The molecule has 0 radical (unpaired) electrons. The Hall–Kier alpha value is -1.62. The lowest BCUT2D eigenvalue weighted by atomic mass is 10.1. The second kappa shape index (κ2) is 5.82. The molecule has 0 spiro atoms. The number of halogens is 1. The summed E-state index contributed by atoms with van der Waals surface area (Å²) in [6.07, 6.45) is 1.38. The summed E-state index contributed by atoms with van der Waals surface area (Å²) in [5.41, 5.74) is 0. The van der Waals surface area contributed by atoms with Crippen LogP contribution in [0.3, 0.4) is 0 Å². The number of nitrogens with zero attached hydrogens (tertiary/aromatic N) is 1. The van der Waals surface area contributed by atoms with Gasteiger partial charge in [-0.25, -0.2) is 9.18 Å². The number of hydrogen-bond donors (Lipinski definition) is 1. The molecule has 5 heteroatoms. The predicted molar refractivity (Wildman–Crippen MR) is 66.1 cm³/mol. The van der Waals surface area contributed by atoms with Crippen LogP contribution in [0.5, 0.6) is 5.75 Å². The van der Waals surface area contributed by atoms with Crippen LogP contribution in [0, 0.1) is 5.82 Å². The number of nitrogens with one attached hydrogen (secondary N) is 1. The molecular formula is C13H17FN2O2. The van der Waals surface area contributed by atoms with Crippen molar-refractivity contribution in [3.63, 3.8) is 0 Å². The topological polar surface area (TPSA) is 41.6 Å². The lowest BCUT2D eigenvalue weighted by Crippen LogP contribution is -2.44. The van der Waals surface area contributed by atoms with Crippen LogP contribution >= 0.6 is 0 Å². The average molecular weight is 252 g/mol. The van der Waals surface area contributed by atoms with Gasteiger partial charge >= 0.3 is 6.09 Å². The first-order valence-electron chi connectivity index (χ1n) is 6.06. The molecule has 0 bridgehead atoms. The van der Waals surface area contributed by atoms with Gasteiger partial charge in [0.05, 0.1) is 0 Å². The van der Waals surface area contributed by atoms with Gasteiger partial charge in [-0.1, -0.05) is 0 Å². The van der Waals surface area contributed by atoms with Gasteiger partial charge in [0.15, 0.2) is 0 Å². The molecule has 0 atom stereocenters. The number of carbonyl (C=O) groups is 1. The number of carbonyl (C=O) groups excluding carboxylic acids is 1. The third-order valence-corrected chi connectivity index (χ3v) is 3.06. The molecule has 2 rings (SSSR count). The Bertz CT molecular complexity index is 400. The lowest BCUT2D eigenvalue weighted by Gasteiger charge is -2.29. The van der Waals surface area contributed by atoms with Gasteiger partial charge in [-0.15, -0.1) is 0 Å². The van der Waals surface area contributed by atoms with Crippen molar-refractivity contribution in [2.75, 3.05) is 20.1 Å². The summed E-state index contributed by atoms with van der Waals surface area (Å²) in [5.74, 6) is -0.0000895. The quantitative estimate of drug-likeness (QED) is 0.875. The van der Waals surface area contributed by atoms with Crippen molar-refractivity contribution in [3.05, 3.63) is 30.1 Å². The Kier molecular flexibility index (Phi) is 4.15. The number of likely N-dealkylation sites (tertiary alicyclic amines) is 1. The summed E-state index contributed by atoms with van der Waals surface area (Å²) in [6, 6.07) is 5.55. The molecule has 18 heavy (non-hydrogen) atoms. The Morgan fingerprint density at radius 3 is 2.56 bits per heavy atom. The van der Waals surface area contributed by atoms with E-state index in [4.69, 9.17) is 4.74 Å². The molecule has 0 unspecified atom stereocenters. The first-order valence-corrected chi connectivity index (χ1v) is 6.06. The predicted octanol–water partition coefficient (Wildman–Crippen LogP) is 2.01. The summed E-state index contributed by atoms with van der Waals surface area (Å²) in [5, 5.41) is 2.82. The van der Waals surface area contributed by atoms with E-state index < -0.39 is 6.09 Å². The van der Waals surface area contributed by atoms with Crippen LogP contribution in [0.25, 0.3) is 0 Å². The third-order valence-electron chi connectivity index (χ3n) is 3.06. The molecular weight excluding hydrogens is 235 g/mol. The molecule has 1 aromatic rings. The van der Waals surface area contributed by atoms with Gasteiger partial charge in [0, 0.05) is 6.04 Å². The summed E-state index contributed by atoms with van der Waals surface area (Å²) in [4.78, 5) is 13.8. The van der Waals surface area contributed by atoms with Gasteiger partial charge < -0.3 is 15.0 Å². The molecule has 1 aromatic carbocycles.